The molecule has 2 aromatic carbocycles. The lowest BCUT2D eigenvalue weighted by Crippen LogP contribution is -2.47. The number of aliphatic imine (C=N–C) groups is 1. The van der Waals surface area contributed by atoms with Crippen LogP contribution in [0.4, 0.5) is 0 Å². The number of carbonyl (C=O) groups is 2. The molecule has 39 heavy (non-hydrogen) atoms. The van der Waals surface area contributed by atoms with Crippen LogP contribution in [-0.2, 0) is 17.8 Å². The quantitative estimate of drug-likeness (QED) is 0.547. The number of hydrogen-bond donors (Lipinski definition) is 3. The van der Waals surface area contributed by atoms with Crippen molar-refractivity contribution in [1.82, 2.24) is 10.2 Å². The van der Waals surface area contributed by atoms with Crippen LogP contribution >= 0.6 is 0 Å². The predicted octanol–water partition coefficient (Wildman–Crippen LogP) is 3.87. The molecule has 0 saturated heterocycles. The highest BCUT2D eigenvalue weighted by molar-refractivity contribution is 5.99. The Balaban J connectivity index is 0.00000172. The average molecular weight is 537 g/mol. The first-order chi connectivity index (χ1) is 18.8. The number of fused-ring (bicyclic) bond motifs is 5. The van der Waals surface area contributed by atoms with Crippen molar-refractivity contribution in [2.24, 2.45) is 10.7 Å². The zero-order chi connectivity index (χ0) is 28.2. The molecule has 9 heteroatoms. The van der Waals surface area contributed by atoms with Crippen molar-refractivity contribution in [2.75, 3.05) is 13.2 Å². The normalized spacial score (nSPS) is 24.4. The first-order valence-electron chi connectivity index (χ1n) is 13.9. The van der Waals surface area contributed by atoms with Gasteiger partial charge in [-0.05, 0) is 69.0 Å². The van der Waals surface area contributed by atoms with Crippen molar-refractivity contribution in [3.8, 4) is 11.5 Å². The molecule has 3 atom stereocenters. The highest BCUT2D eigenvalue weighted by Gasteiger charge is 2.45. The zero-order valence-corrected chi connectivity index (χ0v) is 23.3. The molecule has 0 spiro atoms. The minimum Gasteiger partial charge on any atom is -0.494 e. The lowest BCUT2D eigenvalue weighted by molar-refractivity contribution is -0.128. The van der Waals surface area contributed by atoms with E-state index in [9.17, 15) is 14.7 Å². The second kappa shape index (κ2) is 12.1. The van der Waals surface area contributed by atoms with E-state index in [1.54, 1.807) is 25.1 Å². The van der Waals surface area contributed by atoms with Crippen LogP contribution in [0.3, 0.4) is 0 Å². The SMILES string of the molecule is CC.CCOc1ccc2cc1CN1C(=O)CC(CCCCc3ccc4c(c3)C(NC2=O)C(C)(CO)O4)N=C1N. The summed E-state index contributed by atoms with van der Waals surface area (Å²) in [7, 11) is 0. The van der Waals surface area contributed by atoms with Crippen LogP contribution in [0.25, 0.3) is 0 Å². The van der Waals surface area contributed by atoms with E-state index in [0.29, 0.717) is 35.7 Å². The number of rotatable bonds is 3. The Hall–Kier alpha value is -3.59. The molecule has 210 valence electrons. The molecule has 0 radical (unpaired) electrons. The zero-order valence-electron chi connectivity index (χ0n) is 23.3. The molecular formula is C30H40N4O5. The third kappa shape index (κ3) is 5.88. The van der Waals surface area contributed by atoms with Gasteiger partial charge in [0.25, 0.3) is 5.91 Å². The van der Waals surface area contributed by atoms with Gasteiger partial charge in [0.2, 0.25) is 5.91 Å². The minimum absolute atomic E-state index is 0.0852. The van der Waals surface area contributed by atoms with E-state index in [-0.39, 0.29) is 37.0 Å². The molecule has 4 heterocycles. The molecule has 4 aliphatic heterocycles. The number of aliphatic hydroxyl groups is 1. The molecule has 6 bridgehead atoms. The fourth-order valence-electron chi connectivity index (χ4n) is 5.38. The summed E-state index contributed by atoms with van der Waals surface area (Å²) in [5.41, 5.74) is 8.31. The number of carbonyl (C=O) groups excluding carboxylic acids is 2. The van der Waals surface area contributed by atoms with Crippen molar-refractivity contribution in [1.29, 1.82) is 0 Å². The molecule has 2 amide bonds. The number of hydrogen-bond acceptors (Lipinski definition) is 7. The van der Waals surface area contributed by atoms with Crippen molar-refractivity contribution < 1.29 is 24.2 Å². The second-order valence-electron chi connectivity index (χ2n) is 10.2. The smallest absolute Gasteiger partial charge is 0.251 e. The van der Waals surface area contributed by atoms with Crippen LogP contribution in [0.5, 0.6) is 11.5 Å². The molecule has 4 aliphatic rings. The summed E-state index contributed by atoms with van der Waals surface area (Å²) in [4.78, 5) is 32.6. The molecular weight excluding hydrogens is 496 g/mol. The maximum atomic E-state index is 13.5. The summed E-state index contributed by atoms with van der Waals surface area (Å²) >= 11 is 0. The number of ether oxygens (including phenoxy) is 2. The van der Waals surface area contributed by atoms with Gasteiger partial charge >= 0.3 is 0 Å². The molecule has 0 saturated carbocycles. The third-order valence-corrected chi connectivity index (χ3v) is 7.43. The summed E-state index contributed by atoms with van der Waals surface area (Å²) in [5, 5.41) is 13.3. The van der Waals surface area contributed by atoms with Crippen LogP contribution < -0.4 is 20.5 Å². The van der Waals surface area contributed by atoms with Crippen LogP contribution in [0.15, 0.2) is 41.4 Å². The minimum atomic E-state index is -0.992. The predicted molar refractivity (Wildman–Crippen MR) is 150 cm³/mol. The highest BCUT2D eigenvalue weighted by Crippen LogP contribution is 2.44. The van der Waals surface area contributed by atoms with Crippen molar-refractivity contribution in [3.63, 3.8) is 0 Å². The molecule has 3 unspecified atom stereocenters. The lowest BCUT2D eigenvalue weighted by Gasteiger charge is -2.30. The Morgan fingerprint density at radius 3 is 2.72 bits per heavy atom. The van der Waals surface area contributed by atoms with E-state index in [4.69, 9.17) is 15.2 Å². The average Bonchev–Trinajstić information content (AvgIpc) is 3.21. The van der Waals surface area contributed by atoms with E-state index in [1.807, 2.05) is 32.9 Å². The number of nitrogens with zero attached hydrogens (tertiary/aromatic N) is 2. The molecule has 0 aliphatic carbocycles. The van der Waals surface area contributed by atoms with Gasteiger partial charge in [-0.3, -0.25) is 14.5 Å². The van der Waals surface area contributed by atoms with Gasteiger partial charge in [-0.1, -0.05) is 26.3 Å². The van der Waals surface area contributed by atoms with Gasteiger partial charge in [0.1, 0.15) is 11.5 Å². The Labute approximate surface area is 230 Å². The highest BCUT2D eigenvalue weighted by atomic mass is 16.5. The summed E-state index contributed by atoms with van der Waals surface area (Å²) in [6, 6.07) is 10.5. The maximum Gasteiger partial charge on any atom is 0.251 e. The van der Waals surface area contributed by atoms with E-state index < -0.39 is 11.6 Å². The number of benzene rings is 2. The first-order valence-corrected chi connectivity index (χ1v) is 13.9. The Morgan fingerprint density at radius 1 is 1.21 bits per heavy atom. The second-order valence-corrected chi connectivity index (χ2v) is 10.2. The van der Waals surface area contributed by atoms with Crippen molar-refractivity contribution in [2.45, 2.75) is 84.0 Å². The van der Waals surface area contributed by atoms with Gasteiger partial charge in [-0.2, -0.15) is 0 Å². The largest absolute Gasteiger partial charge is 0.494 e. The monoisotopic (exact) mass is 536 g/mol. The van der Waals surface area contributed by atoms with E-state index >= 15 is 0 Å². The summed E-state index contributed by atoms with van der Waals surface area (Å²) in [6.07, 6.45) is 3.78. The summed E-state index contributed by atoms with van der Waals surface area (Å²) in [5.74, 6) is 1.04. The number of nitrogens with two attached hydrogens (primary N) is 1. The van der Waals surface area contributed by atoms with Gasteiger partial charge in [0.15, 0.2) is 11.6 Å². The Morgan fingerprint density at radius 2 is 2.00 bits per heavy atom. The summed E-state index contributed by atoms with van der Waals surface area (Å²) in [6.45, 7) is 8.01. The molecule has 0 aromatic heterocycles. The molecule has 6 rings (SSSR count). The number of guanidine groups is 1. The molecule has 2 aromatic rings. The van der Waals surface area contributed by atoms with Crippen LogP contribution in [0.1, 0.15) is 86.5 Å². The Kier molecular flexibility index (Phi) is 8.80. The number of amides is 2. The van der Waals surface area contributed by atoms with Gasteiger partial charge in [0.05, 0.1) is 31.8 Å². The van der Waals surface area contributed by atoms with E-state index in [0.717, 1.165) is 36.8 Å². The first kappa shape index (κ1) is 28.4. The molecule has 9 nitrogen and oxygen atoms in total. The summed E-state index contributed by atoms with van der Waals surface area (Å²) < 4.78 is 11.9. The molecule has 4 N–H and O–H groups in total. The van der Waals surface area contributed by atoms with Gasteiger partial charge in [0, 0.05) is 23.1 Å². The Bertz CT molecular complexity index is 1250. The van der Waals surface area contributed by atoms with Crippen molar-refractivity contribution >= 4 is 17.8 Å². The molecule has 0 fully saturated rings. The van der Waals surface area contributed by atoms with Crippen LogP contribution in [-0.4, -0.2) is 52.6 Å². The topological polar surface area (TPSA) is 126 Å². The number of nitrogens with one attached hydrogen (secondary N) is 1. The number of aliphatic hydroxyl groups excluding tert-OH is 1. The van der Waals surface area contributed by atoms with Crippen LogP contribution in [0.2, 0.25) is 0 Å². The fraction of sp³-hybridized carbons (Fsp3) is 0.500. The van der Waals surface area contributed by atoms with Gasteiger partial charge < -0.3 is 25.6 Å². The van der Waals surface area contributed by atoms with Crippen LogP contribution in [0, 0.1) is 0 Å². The van der Waals surface area contributed by atoms with Crippen molar-refractivity contribution in [3.05, 3.63) is 58.7 Å². The standard InChI is InChI=1S/C28H34N4O5.C2H6/c1-3-36-22-11-9-18-13-19(22)15-32-24(34)14-20(30-27(32)29)7-5-4-6-17-8-10-23-21(12-17)25(31-26(18)35)28(2,16-33)37-23;1-2/h8-13,20,25,33H,3-7,14-16H2,1-2H3,(H2,29,30)(H,31,35);1-2H3. The van der Waals surface area contributed by atoms with E-state index in [2.05, 4.69) is 16.4 Å². The van der Waals surface area contributed by atoms with Gasteiger partial charge in [-0.15, -0.1) is 0 Å². The third-order valence-electron chi connectivity index (χ3n) is 7.43. The number of aryl methyl sites for hydroxylation is 1. The fourth-order valence-corrected chi connectivity index (χ4v) is 5.38. The maximum absolute atomic E-state index is 13.5. The van der Waals surface area contributed by atoms with Gasteiger partial charge in [-0.25, -0.2) is 4.99 Å². The lowest BCUT2D eigenvalue weighted by atomic mass is 9.91. The van der Waals surface area contributed by atoms with E-state index in [1.165, 1.54) is 4.90 Å².